The molecule has 1 fully saturated rings. The maximum atomic E-state index is 12.0. The molecule has 22 heavy (non-hydrogen) atoms. The Bertz CT molecular complexity index is 533. The Morgan fingerprint density at radius 2 is 1.64 bits per heavy atom. The first-order chi connectivity index (χ1) is 10.7. The highest BCUT2D eigenvalue weighted by Crippen LogP contribution is 2.35. The number of aliphatic hydroxyl groups is 2. The Morgan fingerprint density at radius 1 is 1.00 bits per heavy atom. The van der Waals surface area contributed by atoms with Crippen LogP contribution in [0.5, 0.6) is 0 Å². The molecule has 1 aliphatic carbocycles. The van der Waals surface area contributed by atoms with Crippen molar-refractivity contribution in [3.05, 3.63) is 34.9 Å². The van der Waals surface area contributed by atoms with Gasteiger partial charge in [0.2, 0.25) is 0 Å². The van der Waals surface area contributed by atoms with Crippen molar-refractivity contribution in [2.75, 3.05) is 13.6 Å². The van der Waals surface area contributed by atoms with Crippen molar-refractivity contribution in [2.45, 2.75) is 38.0 Å². The molecule has 6 heteroatoms. The van der Waals surface area contributed by atoms with Crippen molar-refractivity contribution in [1.29, 1.82) is 0 Å². The Balaban J connectivity index is 2.35. The van der Waals surface area contributed by atoms with Crippen molar-refractivity contribution in [2.24, 2.45) is 0 Å². The molecule has 6 nitrogen and oxygen atoms in total. The van der Waals surface area contributed by atoms with E-state index >= 15 is 0 Å². The van der Waals surface area contributed by atoms with E-state index in [0.717, 1.165) is 31.2 Å². The minimum Gasteiger partial charge on any atom is -0.435 e. The molecule has 0 bridgehead atoms. The molecule has 1 aromatic carbocycles. The first kappa shape index (κ1) is 16.5. The van der Waals surface area contributed by atoms with Gasteiger partial charge in [-0.3, -0.25) is 0 Å². The zero-order chi connectivity index (χ0) is 15.9. The van der Waals surface area contributed by atoms with E-state index in [9.17, 15) is 9.59 Å². The van der Waals surface area contributed by atoms with Crippen LogP contribution >= 0.6 is 0 Å². The van der Waals surface area contributed by atoms with Crippen LogP contribution in [0, 0.1) is 0 Å². The van der Waals surface area contributed by atoms with Crippen LogP contribution in [-0.4, -0.2) is 35.7 Å². The summed E-state index contributed by atoms with van der Waals surface area (Å²) in [6.07, 6.45) is 5.20. The second-order valence-electron chi connectivity index (χ2n) is 5.26. The second kappa shape index (κ2) is 7.91. The average Bonchev–Trinajstić information content (AvgIpc) is 2.55. The third-order valence-electron chi connectivity index (χ3n) is 3.94. The lowest BCUT2D eigenvalue weighted by Crippen LogP contribution is -2.15. The standard InChI is InChI=1S/C16H20O6/c17-9-21-15(19)12-6-7-13(16(20)22-10-18)14(8-12)11-4-2-1-3-5-11/h6-8,11,17-18H,1-5,9-10H2. The molecule has 0 heterocycles. The molecule has 2 N–H and O–H groups in total. The lowest BCUT2D eigenvalue weighted by molar-refractivity contribution is 0.00508. The van der Waals surface area contributed by atoms with Crippen LogP contribution in [0.3, 0.4) is 0 Å². The highest BCUT2D eigenvalue weighted by Gasteiger charge is 2.24. The largest absolute Gasteiger partial charge is 0.435 e. The number of hydrogen-bond donors (Lipinski definition) is 2. The molecule has 0 radical (unpaired) electrons. The van der Waals surface area contributed by atoms with Gasteiger partial charge in [-0.1, -0.05) is 19.3 Å². The molecule has 0 saturated heterocycles. The topological polar surface area (TPSA) is 93.1 Å². The van der Waals surface area contributed by atoms with E-state index in [0.29, 0.717) is 5.56 Å². The van der Waals surface area contributed by atoms with Gasteiger partial charge in [0.15, 0.2) is 13.6 Å². The fourth-order valence-electron chi connectivity index (χ4n) is 2.91. The van der Waals surface area contributed by atoms with Gasteiger partial charge in [0, 0.05) is 0 Å². The highest BCUT2D eigenvalue weighted by atomic mass is 16.6. The maximum absolute atomic E-state index is 12.0. The van der Waals surface area contributed by atoms with Gasteiger partial charge >= 0.3 is 11.9 Å². The fourth-order valence-corrected chi connectivity index (χ4v) is 2.91. The number of carbonyl (C=O) groups excluding carboxylic acids is 2. The molecule has 0 aliphatic heterocycles. The predicted octanol–water partition coefficient (Wildman–Crippen LogP) is 1.95. The van der Waals surface area contributed by atoms with E-state index in [2.05, 4.69) is 9.47 Å². The molecule has 120 valence electrons. The van der Waals surface area contributed by atoms with Crippen LogP contribution < -0.4 is 0 Å². The summed E-state index contributed by atoms with van der Waals surface area (Å²) in [6, 6.07) is 4.59. The number of esters is 2. The molecule has 1 aromatic rings. The zero-order valence-corrected chi connectivity index (χ0v) is 12.3. The molecule has 0 atom stereocenters. The summed E-state index contributed by atoms with van der Waals surface area (Å²) in [7, 11) is 0. The van der Waals surface area contributed by atoms with Crippen LogP contribution in [0.15, 0.2) is 18.2 Å². The van der Waals surface area contributed by atoms with Crippen molar-refractivity contribution >= 4 is 11.9 Å². The molecule has 1 aliphatic rings. The van der Waals surface area contributed by atoms with Crippen LogP contribution in [0.4, 0.5) is 0 Å². The van der Waals surface area contributed by atoms with Crippen molar-refractivity contribution < 1.29 is 29.3 Å². The molecule has 0 spiro atoms. The number of benzene rings is 1. The normalized spacial score (nSPS) is 15.4. The minimum absolute atomic E-state index is 0.178. The quantitative estimate of drug-likeness (QED) is 0.638. The van der Waals surface area contributed by atoms with Crippen LogP contribution in [0.25, 0.3) is 0 Å². The molecular weight excluding hydrogens is 288 g/mol. The monoisotopic (exact) mass is 308 g/mol. The number of hydrogen-bond acceptors (Lipinski definition) is 6. The van der Waals surface area contributed by atoms with E-state index in [1.807, 2.05) is 0 Å². The van der Waals surface area contributed by atoms with Crippen LogP contribution in [-0.2, 0) is 9.47 Å². The lowest BCUT2D eigenvalue weighted by atomic mass is 9.81. The van der Waals surface area contributed by atoms with Gasteiger partial charge in [0.25, 0.3) is 0 Å². The van der Waals surface area contributed by atoms with Gasteiger partial charge < -0.3 is 19.7 Å². The fraction of sp³-hybridized carbons (Fsp3) is 0.500. The Labute approximate surface area is 128 Å². The highest BCUT2D eigenvalue weighted by molar-refractivity contribution is 5.95. The number of rotatable bonds is 5. The van der Waals surface area contributed by atoms with Crippen LogP contribution in [0.1, 0.15) is 64.3 Å². The second-order valence-corrected chi connectivity index (χ2v) is 5.26. The van der Waals surface area contributed by atoms with E-state index in [-0.39, 0.29) is 11.5 Å². The summed E-state index contributed by atoms with van der Waals surface area (Å²) >= 11 is 0. The minimum atomic E-state index is -0.689. The predicted molar refractivity (Wildman–Crippen MR) is 77.3 cm³/mol. The molecule has 1 saturated carbocycles. The Hall–Kier alpha value is -1.92. The maximum Gasteiger partial charge on any atom is 0.340 e. The van der Waals surface area contributed by atoms with Crippen LogP contribution in [0.2, 0.25) is 0 Å². The molecular formula is C16H20O6. The van der Waals surface area contributed by atoms with Gasteiger partial charge in [-0.2, -0.15) is 0 Å². The summed E-state index contributed by atoms with van der Waals surface area (Å²) in [5.74, 6) is -1.07. The smallest absolute Gasteiger partial charge is 0.340 e. The third-order valence-corrected chi connectivity index (χ3v) is 3.94. The zero-order valence-electron chi connectivity index (χ0n) is 12.3. The van der Waals surface area contributed by atoms with E-state index in [4.69, 9.17) is 10.2 Å². The summed E-state index contributed by atoms with van der Waals surface area (Å²) in [6.45, 7) is -1.37. The SMILES string of the molecule is O=C(OCO)c1ccc(C(=O)OCO)c(C2CCCCC2)c1. The Morgan fingerprint density at radius 3 is 2.27 bits per heavy atom. The first-order valence-electron chi connectivity index (χ1n) is 7.37. The first-order valence-corrected chi connectivity index (χ1v) is 7.37. The number of aliphatic hydroxyl groups excluding tert-OH is 2. The van der Waals surface area contributed by atoms with Gasteiger partial charge in [0.1, 0.15) is 0 Å². The summed E-state index contributed by atoms with van der Waals surface area (Å²) < 4.78 is 9.25. The average molecular weight is 308 g/mol. The summed E-state index contributed by atoms with van der Waals surface area (Å²) in [5, 5.41) is 17.5. The van der Waals surface area contributed by atoms with E-state index in [1.54, 1.807) is 6.07 Å². The summed E-state index contributed by atoms with van der Waals surface area (Å²) in [5.41, 5.74) is 1.39. The van der Waals surface area contributed by atoms with Gasteiger partial charge in [0.05, 0.1) is 11.1 Å². The van der Waals surface area contributed by atoms with Gasteiger partial charge in [-0.25, -0.2) is 9.59 Å². The molecule has 0 unspecified atom stereocenters. The van der Waals surface area contributed by atoms with Crippen molar-refractivity contribution in [1.82, 2.24) is 0 Å². The van der Waals surface area contributed by atoms with Gasteiger partial charge in [-0.15, -0.1) is 0 Å². The van der Waals surface area contributed by atoms with E-state index in [1.165, 1.54) is 18.6 Å². The number of ether oxygens (including phenoxy) is 2. The van der Waals surface area contributed by atoms with Crippen molar-refractivity contribution in [3.63, 3.8) is 0 Å². The Kier molecular flexibility index (Phi) is 5.91. The molecule has 0 aromatic heterocycles. The van der Waals surface area contributed by atoms with Gasteiger partial charge in [-0.05, 0) is 42.5 Å². The molecule has 0 amide bonds. The lowest BCUT2D eigenvalue weighted by Gasteiger charge is -2.24. The van der Waals surface area contributed by atoms with E-state index < -0.39 is 25.5 Å². The number of carbonyl (C=O) groups is 2. The molecule has 2 rings (SSSR count). The van der Waals surface area contributed by atoms with Crippen molar-refractivity contribution in [3.8, 4) is 0 Å². The summed E-state index contributed by atoms with van der Waals surface area (Å²) in [4.78, 5) is 23.7. The third kappa shape index (κ3) is 3.84.